The van der Waals surface area contributed by atoms with E-state index in [1.807, 2.05) is 60.7 Å². The van der Waals surface area contributed by atoms with Gasteiger partial charge in [-0.05, 0) is 11.1 Å². The van der Waals surface area contributed by atoms with Gasteiger partial charge in [0.05, 0.1) is 0 Å². The number of ether oxygens (including phenoxy) is 1. The smallest absolute Gasteiger partial charge is 0.356 e. The number of thioether (sulfide) groups is 2. The van der Waals surface area contributed by atoms with Crippen LogP contribution in [0.5, 0.6) is 0 Å². The molecule has 0 radical (unpaired) electrons. The molecule has 0 aliphatic carbocycles. The van der Waals surface area contributed by atoms with Gasteiger partial charge in [0.2, 0.25) is 5.91 Å². The summed E-state index contributed by atoms with van der Waals surface area (Å²) in [6.07, 6.45) is -0.644. The maximum absolute atomic E-state index is 13.3. The average Bonchev–Trinajstić information content (AvgIpc) is 2.77. The predicted molar refractivity (Wildman–Crippen MR) is 124 cm³/mol. The number of amides is 1. The van der Waals surface area contributed by atoms with Gasteiger partial charge in [0.1, 0.15) is 17.1 Å². The minimum atomic E-state index is -0.652. The van der Waals surface area contributed by atoms with Crippen LogP contribution in [0.3, 0.4) is 0 Å². The van der Waals surface area contributed by atoms with Crippen LogP contribution in [0.25, 0.3) is 0 Å². The third kappa shape index (κ3) is 4.67. The Labute approximate surface area is 195 Å². The van der Waals surface area contributed by atoms with Crippen molar-refractivity contribution in [3.63, 3.8) is 0 Å². The van der Waals surface area contributed by atoms with Crippen molar-refractivity contribution in [1.82, 2.24) is 4.90 Å². The molecule has 162 valence electrons. The Morgan fingerprint density at radius 1 is 1.10 bits per heavy atom. The molecule has 2 heterocycles. The van der Waals surface area contributed by atoms with Crippen LogP contribution < -0.4 is 5.73 Å². The van der Waals surface area contributed by atoms with E-state index < -0.39 is 18.1 Å². The quantitative estimate of drug-likeness (QED) is 0.522. The van der Waals surface area contributed by atoms with Crippen molar-refractivity contribution in [2.24, 2.45) is 5.73 Å². The molecule has 0 aromatic heterocycles. The van der Waals surface area contributed by atoms with Crippen molar-refractivity contribution in [2.75, 3.05) is 5.75 Å². The highest BCUT2D eigenvalue weighted by atomic mass is 35.5. The number of hydrogen-bond acceptors (Lipinski definition) is 7. The number of nitrogens with two attached hydrogens (primary N) is 1. The van der Waals surface area contributed by atoms with Gasteiger partial charge in [0.25, 0.3) is 0 Å². The van der Waals surface area contributed by atoms with Crippen LogP contribution in [0.4, 0.5) is 0 Å². The third-order valence-electron chi connectivity index (χ3n) is 4.86. The van der Waals surface area contributed by atoms with E-state index in [4.69, 9.17) is 10.5 Å². The second-order valence-electron chi connectivity index (χ2n) is 6.91. The van der Waals surface area contributed by atoms with Gasteiger partial charge in [-0.25, -0.2) is 4.79 Å². The normalized spacial score (nSPS) is 20.0. The minimum Gasteiger partial charge on any atom is -0.448 e. The van der Waals surface area contributed by atoms with Crippen LogP contribution in [-0.2, 0) is 19.1 Å². The summed E-state index contributed by atoms with van der Waals surface area (Å²) in [5.41, 5.74) is 7.66. The molecule has 2 aliphatic rings. The van der Waals surface area contributed by atoms with Crippen LogP contribution in [-0.4, -0.2) is 39.1 Å². The van der Waals surface area contributed by atoms with E-state index in [9.17, 15) is 14.4 Å². The van der Waals surface area contributed by atoms with Gasteiger partial charge in [-0.3, -0.25) is 14.5 Å². The molecular formula is C22H21ClN2O4S2. The number of rotatable bonds is 5. The van der Waals surface area contributed by atoms with Crippen LogP contribution in [0.2, 0.25) is 0 Å². The molecule has 31 heavy (non-hydrogen) atoms. The zero-order valence-electron chi connectivity index (χ0n) is 16.6. The molecule has 2 aromatic carbocycles. The molecule has 1 saturated heterocycles. The molecule has 6 nitrogen and oxygen atoms in total. The number of nitrogens with zero attached hydrogens (tertiary/aromatic N) is 1. The SMILES string of the molecule is CC(=O)SC1=C(C(=O)OC(c2ccccc2)c2ccccc2)N2C(=O)[C@@H](N)[C@H]2SC1.Cl. The molecule has 2 atom stereocenters. The van der Waals surface area contributed by atoms with Crippen molar-refractivity contribution in [3.8, 4) is 0 Å². The van der Waals surface area contributed by atoms with E-state index in [-0.39, 0.29) is 34.5 Å². The first-order chi connectivity index (χ1) is 14.5. The molecule has 2 aliphatic heterocycles. The topological polar surface area (TPSA) is 89.7 Å². The Bertz CT molecular complexity index is 977. The number of benzene rings is 2. The van der Waals surface area contributed by atoms with Crippen molar-refractivity contribution in [2.45, 2.75) is 24.4 Å². The average molecular weight is 477 g/mol. The van der Waals surface area contributed by atoms with Gasteiger partial charge in [-0.2, -0.15) is 0 Å². The summed E-state index contributed by atoms with van der Waals surface area (Å²) in [7, 11) is 0. The molecule has 0 unspecified atom stereocenters. The minimum absolute atomic E-state index is 0. The molecule has 0 saturated carbocycles. The second kappa shape index (κ2) is 9.91. The fourth-order valence-corrected chi connectivity index (χ4v) is 5.68. The monoisotopic (exact) mass is 476 g/mol. The van der Waals surface area contributed by atoms with Crippen LogP contribution >= 0.6 is 35.9 Å². The van der Waals surface area contributed by atoms with Gasteiger partial charge >= 0.3 is 5.97 Å². The third-order valence-corrected chi connectivity index (χ3v) is 7.22. The van der Waals surface area contributed by atoms with Crippen molar-refractivity contribution >= 4 is 52.9 Å². The summed E-state index contributed by atoms with van der Waals surface area (Å²) >= 11 is 2.41. The fraction of sp³-hybridized carbons (Fsp3) is 0.227. The van der Waals surface area contributed by atoms with Gasteiger partial charge in [0, 0.05) is 17.6 Å². The van der Waals surface area contributed by atoms with E-state index in [0.29, 0.717) is 10.7 Å². The number of β-lactam (4-membered cyclic amide) rings is 1. The number of esters is 1. The van der Waals surface area contributed by atoms with Crippen molar-refractivity contribution < 1.29 is 19.1 Å². The summed E-state index contributed by atoms with van der Waals surface area (Å²) in [5.74, 6) is -0.545. The Kier molecular flexibility index (Phi) is 7.48. The maximum Gasteiger partial charge on any atom is 0.356 e. The first-order valence-corrected chi connectivity index (χ1v) is 11.3. The summed E-state index contributed by atoms with van der Waals surface area (Å²) < 4.78 is 5.94. The van der Waals surface area contributed by atoms with E-state index >= 15 is 0 Å². The zero-order chi connectivity index (χ0) is 21.3. The second-order valence-corrected chi connectivity index (χ2v) is 9.28. The van der Waals surface area contributed by atoms with E-state index in [2.05, 4.69) is 0 Å². The Morgan fingerprint density at radius 3 is 2.16 bits per heavy atom. The molecule has 2 N–H and O–H groups in total. The lowest BCUT2D eigenvalue weighted by Crippen LogP contribution is -2.68. The number of carbonyl (C=O) groups is 3. The molecule has 1 amide bonds. The molecule has 2 aromatic rings. The van der Waals surface area contributed by atoms with Crippen molar-refractivity contribution in [3.05, 3.63) is 82.4 Å². The van der Waals surface area contributed by atoms with Gasteiger partial charge in [-0.15, -0.1) is 24.2 Å². The van der Waals surface area contributed by atoms with E-state index in [0.717, 1.165) is 22.9 Å². The zero-order valence-corrected chi connectivity index (χ0v) is 19.0. The number of hydrogen-bond donors (Lipinski definition) is 1. The Morgan fingerprint density at radius 2 is 1.65 bits per heavy atom. The highest BCUT2D eigenvalue weighted by Crippen LogP contribution is 2.43. The Hall–Kier alpha value is -2.26. The van der Waals surface area contributed by atoms with Gasteiger partial charge < -0.3 is 10.5 Å². The van der Waals surface area contributed by atoms with Crippen LogP contribution in [0, 0.1) is 0 Å². The summed E-state index contributed by atoms with van der Waals surface area (Å²) in [6, 6.07) is 18.2. The molecule has 9 heteroatoms. The van der Waals surface area contributed by atoms with Gasteiger partial charge in [-0.1, -0.05) is 72.4 Å². The number of fused-ring (bicyclic) bond motifs is 1. The van der Waals surface area contributed by atoms with E-state index in [1.165, 1.54) is 23.6 Å². The number of halogens is 1. The van der Waals surface area contributed by atoms with Gasteiger partial charge in [0.15, 0.2) is 11.2 Å². The summed E-state index contributed by atoms with van der Waals surface area (Å²) in [4.78, 5) is 39.4. The summed E-state index contributed by atoms with van der Waals surface area (Å²) in [5, 5.41) is -0.474. The van der Waals surface area contributed by atoms with Crippen molar-refractivity contribution in [1.29, 1.82) is 0 Å². The van der Waals surface area contributed by atoms with Crippen LogP contribution in [0.15, 0.2) is 71.3 Å². The molecule has 0 bridgehead atoms. The largest absolute Gasteiger partial charge is 0.448 e. The molecular weight excluding hydrogens is 456 g/mol. The first-order valence-electron chi connectivity index (χ1n) is 9.40. The lowest BCUT2D eigenvalue weighted by Gasteiger charge is -2.48. The highest BCUT2D eigenvalue weighted by molar-refractivity contribution is 8.17. The van der Waals surface area contributed by atoms with E-state index in [1.54, 1.807) is 0 Å². The lowest BCUT2D eigenvalue weighted by atomic mass is 10.0. The number of carbonyl (C=O) groups excluding carboxylic acids is 3. The highest BCUT2D eigenvalue weighted by Gasteiger charge is 2.52. The van der Waals surface area contributed by atoms with Crippen LogP contribution in [0.1, 0.15) is 24.2 Å². The molecule has 1 fully saturated rings. The lowest BCUT2D eigenvalue weighted by molar-refractivity contribution is -0.152. The predicted octanol–water partition coefficient (Wildman–Crippen LogP) is 3.47. The molecule has 0 spiro atoms. The summed E-state index contributed by atoms with van der Waals surface area (Å²) in [6.45, 7) is 1.43. The maximum atomic E-state index is 13.3. The standard InChI is InChI=1S/C22H20N2O4S2.ClH/c1-13(25)30-16-12-29-21-17(23)20(26)24(21)18(16)22(27)28-19(14-8-4-2-5-9-14)15-10-6-3-7-11-15;/h2-11,17,19,21H,12,23H2,1H3;1H/t17-,21-;/m1./s1. The first kappa shape index (κ1) is 23.4. The Balaban J connectivity index is 0.00000272. The molecule has 4 rings (SSSR count). The fourth-order valence-electron chi connectivity index (χ4n) is 3.48.